The van der Waals surface area contributed by atoms with E-state index in [9.17, 15) is 9.18 Å². The Morgan fingerprint density at radius 1 is 1.71 bits per heavy atom. The van der Waals surface area contributed by atoms with E-state index < -0.39 is 11.8 Å². The van der Waals surface area contributed by atoms with Gasteiger partial charge in [0, 0.05) is 17.8 Å². The minimum atomic E-state index is -0.800. The lowest BCUT2D eigenvalue weighted by atomic mass is 10.3. The van der Waals surface area contributed by atoms with Crippen molar-refractivity contribution in [2.75, 3.05) is 5.32 Å². The van der Waals surface area contributed by atoms with Crippen LogP contribution in [0.5, 0.6) is 0 Å². The number of hydrogen-bond donors (Lipinski definition) is 2. The smallest absolute Gasteiger partial charge is 0.308 e. The first kappa shape index (κ1) is 8.99. The Kier molecular flexibility index (Phi) is 2.11. The zero-order chi connectivity index (χ0) is 10.1. The molecule has 0 aliphatic heterocycles. The molecular formula is C10H9FNO2. The Morgan fingerprint density at radius 3 is 3.07 bits per heavy atom. The van der Waals surface area contributed by atoms with Gasteiger partial charge in [0.25, 0.3) is 0 Å². The first-order valence-corrected chi connectivity index (χ1v) is 4.33. The fourth-order valence-corrected chi connectivity index (χ4v) is 1.37. The molecule has 0 bridgehead atoms. The lowest BCUT2D eigenvalue weighted by Crippen LogP contribution is -2.10. The Balaban J connectivity index is 1.97. The van der Waals surface area contributed by atoms with Gasteiger partial charge in [0.2, 0.25) is 0 Å². The molecule has 0 spiro atoms. The van der Waals surface area contributed by atoms with E-state index in [0.29, 0.717) is 12.1 Å². The Morgan fingerprint density at radius 2 is 2.50 bits per heavy atom. The third kappa shape index (κ3) is 1.84. The van der Waals surface area contributed by atoms with Crippen molar-refractivity contribution in [1.29, 1.82) is 0 Å². The summed E-state index contributed by atoms with van der Waals surface area (Å²) in [7, 11) is 0. The van der Waals surface area contributed by atoms with Gasteiger partial charge in [-0.05, 0) is 24.6 Å². The fourth-order valence-electron chi connectivity index (χ4n) is 1.37. The second kappa shape index (κ2) is 3.29. The second-order valence-corrected chi connectivity index (χ2v) is 3.36. The molecule has 2 atom stereocenters. The van der Waals surface area contributed by atoms with E-state index in [1.807, 2.05) is 0 Å². The summed E-state index contributed by atoms with van der Waals surface area (Å²) in [6.07, 6.45) is 0.607. The highest BCUT2D eigenvalue weighted by atomic mass is 19.1. The van der Waals surface area contributed by atoms with Crippen LogP contribution in [0.25, 0.3) is 0 Å². The summed E-state index contributed by atoms with van der Waals surface area (Å²) in [4.78, 5) is 10.5. The summed E-state index contributed by atoms with van der Waals surface area (Å²) in [5, 5.41) is 11.6. The van der Waals surface area contributed by atoms with Crippen molar-refractivity contribution in [3.63, 3.8) is 0 Å². The molecule has 1 aliphatic rings. The lowest BCUT2D eigenvalue weighted by molar-refractivity contribution is -0.138. The molecule has 0 unspecified atom stereocenters. The number of anilines is 1. The molecule has 0 heterocycles. The molecule has 0 saturated heterocycles. The monoisotopic (exact) mass is 194 g/mol. The maximum absolute atomic E-state index is 12.7. The van der Waals surface area contributed by atoms with Crippen molar-refractivity contribution < 1.29 is 14.3 Å². The lowest BCUT2D eigenvalue weighted by Gasteiger charge is -2.03. The maximum atomic E-state index is 12.7. The van der Waals surface area contributed by atoms with Gasteiger partial charge in [-0.3, -0.25) is 4.79 Å². The van der Waals surface area contributed by atoms with E-state index in [4.69, 9.17) is 5.11 Å². The Hall–Kier alpha value is -1.58. The summed E-state index contributed by atoms with van der Waals surface area (Å²) in [6.45, 7) is 0. The molecule has 0 aromatic heterocycles. The summed E-state index contributed by atoms with van der Waals surface area (Å²) in [6, 6.07) is 6.75. The minimum Gasteiger partial charge on any atom is -0.481 e. The van der Waals surface area contributed by atoms with Crippen LogP contribution >= 0.6 is 0 Å². The van der Waals surface area contributed by atoms with Crippen LogP contribution in [0, 0.1) is 17.8 Å². The van der Waals surface area contributed by atoms with Crippen LogP contribution in [0.15, 0.2) is 18.2 Å². The molecule has 2 rings (SSSR count). The highest BCUT2D eigenvalue weighted by Crippen LogP contribution is 2.33. The third-order valence-electron chi connectivity index (χ3n) is 2.23. The van der Waals surface area contributed by atoms with E-state index in [-0.39, 0.29) is 12.0 Å². The number of nitrogens with one attached hydrogen (secondary N) is 1. The van der Waals surface area contributed by atoms with E-state index in [1.54, 1.807) is 6.07 Å². The third-order valence-corrected chi connectivity index (χ3v) is 2.23. The summed E-state index contributed by atoms with van der Waals surface area (Å²) < 4.78 is 12.7. The van der Waals surface area contributed by atoms with Gasteiger partial charge in [-0.15, -0.1) is 0 Å². The first-order chi connectivity index (χ1) is 6.66. The van der Waals surface area contributed by atoms with E-state index in [0.717, 1.165) is 0 Å². The van der Waals surface area contributed by atoms with Crippen LogP contribution in [-0.2, 0) is 4.79 Å². The molecule has 14 heavy (non-hydrogen) atoms. The fraction of sp³-hybridized carbons (Fsp3) is 0.300. The highest BCUT2D eigenvalue weighted by Gasteiger charge is 2.43. The van der Waals surface area contributed by atoms with Gasteiger partial charge in [-0.25, -0.2) is 4.39 Å². The SMILES string of the molecule is O=C(O)[C@H]1C[C@@H]1Nc1cc[c]c(F)c1. The van der Waals surface area contributed by atoms with Gasteiger partial charge in [0.1, 0.15) is 5.82 Å². The average molecular weight is 194 g/mol. The van der Waals surface area contributed by atoms with Crippen LogP contribution in [0.4, 0.5) is 10.1 Å². The number of carbonyl (C=O) groups is 1. The quantitative estimate of drug-likeness (QED) is 0.766. The minimum absolute atomic E-state index is 0.0608. The molecular weight excluding hydrogens is 185 g/mol. The van der Waals surface area contributed by atoms with Crippen LogP contribution in [0.1, 0.15) is 6.42 Å². The first-order valence-electron chi connectivity index (χ1n) is 4.33. The van der Waals surface area contributed by atoms with E-state index in [2.05, 4.69) is 11.4 Å². The maximum Gasteiger partial charge on any atom is 0.308 e. The van der Waals surface area contributed by atoms with Crippen molar-refractivity contribution in [1.82, 2.24) is 0 Å². The number of hydrogen-bond acceptors (Lipinski definition) is 2. The molecule has 2 N–H and O–H groups in total. The van der Waals surface area contributed by atoms with Crippen LogP contribution in [0.2, 0.25) is 0 Å². The van der Waals surface area contributed by atoms with Gasteiger partial charge in [0.05, 0.1) is 5.92 Å². The standard InChI is InChI=1S/C10H9FNO2/c11-6-2-1-3-7(4-6)12-9-5-8(9)10(13)14/h1,3-4,8-9,12H,5H2,(H,13,14)/t8-,9-/m0/s1. The number of benzene rings is 1. The molecule has 4 heteroatoms. The molecule has 1 radical (unpaired) electrons. The largest absolute Gasteiger partial charge is 0.481 e. The number of carboxylic acids is 1. The number of aliphatic carboxylic acids is 1. The van der Waals surface area contributed by atoms with Crippen molar-refractivity contribution in [2.24, 2.45) is 5.92 Å². The molecule has 73 valence electrons. The van der Waals surface area contributed by atoms with Gasteiger partial charge in [-0.1, -0.05) is 0 Å². The van der Waals surface area contributed by atoms with Gasteiger partial charge in [-0.2, -0.15) is 0 Å². The molecule has 1 aromatic carbocycles. The van der Waals surface area contributed by atoms with Crippen LogP contribution in [0.3, 0.4) is 0 Å². The van der Waals surface area contributed by atoms with Crippen molar-refractivity contribution in [2.45, 2.75) is 12.5 Å². The zero-order valence-electron chi connectivity index (χ0n) is 7.33. The molecule has 1 aromatic rings. The summed E-state index contributed by atoms with van der Waals surface area (Å²) in [5.41, 5.74) is 0.606. The van der Waals surface area contributed by atoms with Gasteiger partial charge < -0.3 is 10.4 Å². The topological polar surface area (TPSA) is 49.3 Å². The Bertz CT molecular complexity index is 367. The predicted molar refractivity (Wildman–Crippen MR) is 48.4 cm³/mol. The Labute approximate surface area is 80.6 Å². The molecule has 1 fully saturated rings. The number of rotatable bonds is 3. The molecule has 0 amide bonds. The van der Waals surface area contributed by atoms with E-state index >= 15 is 0 Å². The van der Waals surface area contributed by atoms with Gasteiger partial charge in [0.15, 0.2) is 0 Å². The average Bonchev–Trinajstić information content (AvgIpc) is 2.84. The zero-order valence-corrected chi connectivity index (χ0v) is 7.33. The number of halogens is 1. The number of carboxylic acid groups (broad SMARTS) is 1. The summed E-state index contributed by atoms with van der Waals surface area (Å²) in [5.74, 6) is -1.57. The second-order valence-electron chi connectivity index (χ2n) is 3.36. The molecule has 3 nitrogen and oxygen atoms in total. The highest BCUT2D eigenvalue weighted by molar-refractivity contribution is 5.75. The molecule has 1 saturated carbocycles. The predicted octanol–water partition coefficient (Wildman–Crippen LogP) is 1.51. The van der Waals surface area contributed by atoms with Crippen LogP contribution < -0.4 is 5.32 Å². The summed E-state index contributed by atoms with van der Waals surface area (Å²) >= 11 is 0. The molecule has 1 aliphatic carbocycles. The van der Waals surface area contributed by atoms with Crippen LogP contribution in [-0.4, -0.2) is 17.1 Å². The van der Waals surface area contributed by atoms with Gasteiger partial charge >= 0.3 is 5.97 Å². The van der Waals surface area contributed by atoms with Crippen molar-refractivity contribution in [3.8, 4) is 0 Å². The van der Waals surface area contributed by atoms with E-state index in [1.165, 1.54) is 12.1 Å². The van der Waals surface area contributed by atoms with Crippen molar-refractivity contribution >= 4 is 11.7 Å². The normalized spacial score (nSPS) is 24.4. The van der Waals surface area contributed by atoms with Crippen molar-refractivity contribution in [3.05, 3.63) is 30.1 Å².